The van der Waals surface area contributed by atoms with E-state index < -0.39 is 52.8 Å². The van der Waals surface area contributed by atoms with Crippen LogP contribution in [0.25, 0.3) is 0 Å². The smallest absolute Gasteiger partial charge is 0.306 e. The quantitative estimate of drug-likeness (QED) is 0.370. The number of rotatable bonds is 9. The van der Waals surface area contributed by atoms with Crippen LogP contribution >= 0.6 is 23.2 Å². The average Bonchev–Trinajstić information content (AvgIpc) is 3.36. The number of hydrogen-bond acceptors (Lipinski definition) is 6. The van der Waals surface area contributed by atoms with E-state index >= 15 is 0 Å². The van der Waals surface area contributed by atoms with Crippen molar-refractivity contribution in [2.24, 2.45) is 0 Å². The van der Waals surface area contributed by atoms with Gasteiger partial charge in [0.1, 0.15) is 4.90 Å². The lowest BCUT2D eigenvalue weighted by molar-refractivity contribution is -0.137. The normalized spacial score (nSPS) is 23.7. The molecule has 0 radical (unpaired) electrons. The fourth-order valence-corrected chi connectivity index (χ4v) is 10.4. The van der Waals surface area contributed by atoms with E-state index in [0.717, 1.165) is 39.0 Å². The lowest BCUT2D eigenvalue weighted by Crippen LogP contribution is -2.54. The Morgan fingerprint density at radius 1 is 0.875 bits per heavy atom. The SMILES string of the molecule is CN1CCC(N2CCN(S(=O)(=O)CCCCC3CCCN3S(=O)(=O)c3c(Cl)cc(C(F)(F)F)cc3Cl)CC2)CC1. The Balaban J connectivity index is 1.29. The lowest BCUT2D eigenvalue weighted by Gasteiger charge is -2.41. The minimum Gasteiger partial charge on any atom is -0.306 e. The molecular weight excluding hydrogens is 612 g/mol. The summed E-state index contributed by atoms with van der Waals surface area (Å²) in [5.41, 5.74) is -1.12. The summed E-state index contributed by atoms with van der Waals surface area (Å²) in [6.07, 6.45) is -0.0201. The first kappa shape index (κ1) is 32.2. The maximum Gasteiger partial charge on any atom is 0.416 e. The summed E-state index contributed by atoms with van der Waals surface area (Å²) in [4.78, 5) is 4.19. The molecule has 0 N–H and O–H groups in total. The van der Waals surface area contributed by atoms with Crippen LogP contribution in [0, 0.1) is 0 Å². The number of halogens is 5. The third-order valence-electron chi connectivity index (χ3n) is 8.28. The molecule has 0 amide bonds. The predicted molar refractivity (Wildman–Crippen MR) is 150 cm³/mol. The molecule has 4 rings (SSSR count). The Kier molecular flexibility index (Phi) is 10.4. The van der Waals surface area contributed by atoms with Gasteiger partial charge in [0.25, 0.3) is 0 Å². The Labute approximate surface area is 245 Å². The van der Waals surface area contributed by atoms with Crippen molar-refractivity contribution in [2.45, 2.75) is 68.1 Å². The van der Waals surface area contributed by atoms with Gasteiger partial charge in [-0.05, 0) is 70.8 Å². The van der Waals surface area contributed by atoms with Crippen LogP contribution in [-0.4, -0.2) is 106 Å². The average molecular weight is 650 g/mol. The van der Waals surface area contributed by atoms with Crippen LogP contribution in [0.2, 0.25) is 10.0 Å². The summed E-state index contributed by atoms with van der Waals surface area (Å²) >= 11 is 12.0. The van der Waals surface area contributed by atoms with Crippen LogP contribution in [0.5, 0.6) is 0 Å². The van der Waals surface area contributed by atoms with Crippen molar-refractivity contribution < 1.29 is 30.0 Å². The molecule has 3 saturated heterocycles. The molecule has 1 aromatic rings. The van der Waals surface area contributed by atoms with Gasteiger partial charge in [-0.25, -0.2) is 16.8 Å². The Morgan fingerprint density at radius 3 is 2.05 bits per heavy atom. The number of alkyl halides is 3. The van der Waals surface area contributed by atoms with Crippen molar-refractivity contribution in [3.05, 3.63) is 27.7 Å². The summed E-state index contributed by atoms with van der Waals surface area (Å²) in [5, 5.41) is -1.15. The van der Waals surface area contributed by atoms with E-state index in [2.05, 4.69) is 16.8 Å². The molecule has 40 heavy (non-hydrogen) atoms. The standard InChI is InChI=1S/C25H37Cl2F3N4O4S2/c1-31-10-7-20(8-11-31)32-12-14-33(15-13-32)39(35,36)16-3-2-5-21-6-4-9-34(21)40(37,38)24-22(26)17-19(18-23(24)27)25(28,29)30/h17-18,20-21H,2-16H2,1H3. The Bertz CT molecular complexity index is 1230. The first-order chi connectivity index (χ1) is 18.7. The van der Waals surface area contributed by atoms with Crippen molar-refractivity contribution >= 4 is 43.2 Å². The first-order valence-electron chi connectivity index (χ1n) is 13.7. The van der Waals surface area contributed by atoms with Gasteiger partial charge in [0, 0.05) is 44.8 Å². The topological polar surface area (TPSA) is 81.2 Å². The summed E-state index contributed by atoms with van der Waals surface area (Å²) < 4.78 is 94.8. The molecule has 0 aliphatic carbocycles. The van der Waals surface area contributed by atoms with Crippen molar-refractivity contribution in [1.82, 2.24) is 18.4 Å². The third-order valence-corrected chi connectivity index (χ3v) is 13.1. The van der Waals surface area contributed by atoms with Gasteiger partial charge in [0.15, 0.2) is 0 Å². The van der Waals surface area contributed by atoms with E-state index in [-0.39, 0.29) is 12.3 Å². The zero-order chi connectivity index (χ0) is 29.3. The fourth-order valence-electron chi connectivity index (χ4n) is 6.00. The van der Waals surface area contributed by atoms with Crippen LogP contribution in [0.15, 0.2) is 17.0 Å². The molecule has 228 valence electrons. The molecule has 3 heterocycles. The molecule has 3 fully saturated rings. The number of sulfonamides is 2. The highest BCUT2D eigenvalue weighted by Gasteiger charge is 2.40. The molecular formula is C25H37Cl2F3N4O4S2. The van der Waals surface area contributed by atoms with E-state index in [1.165, 1.54) is 4.31 Å². The number of likely N-dealkylation sites (tertiary alicyclic amines) is 1. The summed E-state index contributed by atoms with van der Waals surface area (Å²) in [6.45, 7) is 4.76. The van der Waals surface area contributed by atoms with E-state index in [4.69, 9.17) is 23.2 Å². The molecule has 15 heteroatoms. The summed E-state index contributed by atoms with van der Waals surface area (Å²) in [7, 11) is -5.54. The molecule has 3 aliphatic rings. The van der Waals surface area contributed by atoms with E-state index in [1.807, 2.05) is 0 Å². The highest BCUT2D eigenvalue weighted by Crippen LogP contribution is 2.40. The van der Waals surface area contributed by atoms with Crippen molar-refractivity contribution in [3.8, 4) is 0 Å². The second-order valence-electron chi connectivity index (χ2n) is 11.0. The van der Waals surface area contributed by atoms with Crippen LogP contribution in [0.4, 0.5) is 13.2 Å². The monoisotopic (exact) mass is 648 g/mol. The summed E-state index contributed by atoms with van der Waals surface area (Å²) in [5.74, 6) is -0.00272. The van der Waals surface area contributed by atoms with Gasteiger partial charge in [0.2, 0.25) is 20.0 Å². The number of hydrogen-bond donors (Lipinski definition) is 0. The van der Waals surface area contributed by atoms with Gasteiger partial charge < -0.3 is 4.90 Å². The van der Waals surface area contributed by atoms with Gasteiger partial charge in [-0.2, -0.15) is 21.8 Å². The van der Waals surface area contributed by atoms with Gasteiger partial charge >= 0.3 is 6.18 Å². The Hall–Kier alpha value is -0.670. The van der Waals surface area contributed by atoms with Gasteiger partial charge in [-0.3, -0.25) is 4.90 Å². The molecule has 0 saturated carbocycles. The number of piperazine rings is 1. The molecule has 1 atom stereocenters. The zero-order valence-electron chi connectivity index (χ0n) is 22.5. The van der Waals surface area contributed by atoms with Gasteiger partial charge in [0.05, 0.1) is 21.4 Å². The maximum absolute atomic E-state index is 13.4. The highest BCUT2D eigenvalue weighted by molar-refractivity contribution is 7.89. The van der Waals surface area contributed by atoms with E-state index in [1.54, 1.807) is 4.31 Å². The van der Waals surface area contributed by atoms with Gasteiger partial charge in [-0.1, -0.05) is 29.6 Å². The number of benzene rings is 1. The van der Waals surface area contributed by atoms with Crippen molar-refractivity contribution in [1.29, 1.82) is 0 Å². The lowest BCUT2D eigenvalue weighted by atomic mass is 10.0. The highest BCUT2D eigenvalue weighted by atomic mass is 35.5. The van der Waals surface area contributed by atoms with Crippen LogP contribution < -0.4 is 0 Å². The molecule has 3 aliphatic heterocycles. The maximum atomic E-state index is 13.4. The first-order valence-corrected chi connectivity index (χ1v) is 17.5. The minimum atomic E-state index is -4.72. The molecule has 0 spiro atoms. The molecule has 0 bridgehead atoms. The molecule has 0 aromatic heterocycles. The molecule has 8 nitrogen and oxygen atoms in total. The number of unbranched alkanes of at least 4 members (excludes halogenated alkanes) is 1. The van der Waals surface area contributed by atoms with Crippen molar-refractivity contribution in [2.75, 3.05) is 58.6 Å². The third kappa shape index (κ3) is 7.45. The second-order valence-corrected chi connectivity index (χ2v) is 15.7. The largest absolute Gasteiger partial charge is 0.416 e. The zero-order valence-corrected chi connectivity index (χ0v) is 25.7. The number of nitrogens with zero attached hydrogens (tertiary/aromatic N) is 4. The predicted octanol–water partition coefficient (Wildman–Crippen LogP) is 4.38. The number of piperidine rings is 1. The molecule has 1 unspecified atom stereocenters. The van der Waals surface area contributed by atoms with Crippen LogP contribution in [0.1, 0.15) is 50.5 Å². The Morgan fingerprint density at radius 2 is 1.48 bits per heavy atom. The van der Waals surface area contributed by atoms with Crippen LogP contribution in [-0.2, 0) is 26.2 Å². The minimum absolute atomic E-state index is 0.00272. The van der Waals surface area contributed by atoms with E-state index in [9.17, 15) is 30.0 Å². The van der Waals surface area contributed by atoms with Crippen LogP contribution in [0.3, 0.4) is 0 Å². The summed E-state index contributed by atoms with van der Waals surface area (Å²) in [6, 6.07) is 1.26. The van der Waals surface area contributed by atoms with E-state index in [0.29, 0.717) is 63.4 Å². The molecule has 1 aromatic carbocycles. The second kappa shape index (κ2) is 12.9. The van der Waals surface area contributed by atoms with Gasteiger partial charge in [-0.15, -0.1) is 0 Å². The van der Waals surface area contributed by atoms with Crippen molar-refractivity contribution in [3.63, 3.8) is 0 Å². The fraction of sp³-hybridized carbons (Fsp3) is 0.760.